The van der Waals surface area contributed by atoms with Crippen molar-refractivity contribution in [1.82, 2.24) is 0 Å². The Morgan fingerprint density at radius 1 is 1.08 bits per heavy atom. The van der Waals surface area contributed by atoms with Gasteiger partial charge in [-0.15, -0.1) is 0 Å². The first-order chi connectivity index (χ1) is 11.3. The van der Waals surface area contributed by atoms with Crippen molar-refractivity contribution in [2.45, 2.75) is 25.8 Å². The maximum atomic E-state index is 13.2. The third-order valence-electron chi connectivity index (χ3n) is 3.13. The number of halogens is 4. The molecule has 0 N–H and O–H groups in total. The molecular weight excluding hydrogens is 328 g/mol. The van der Waals surface area contributed by atoms with E-state index in [2.05, 4.69) is 4.74 Å². The Kier molecular flexibility index (Phi) is 5.43. The zero-order valence-electron chi connectivity index (χ0n) is 12.6. The second kappa shape index (κ2) is 7.33. The molecule has 2 aromatic rings. The highest BCUT2D eigenvalue weighted by molar-refractivity contribution is 5.66. The number of hydrogen-bond donors (Lipinski definition) is 0. The average Bonchev–Trinajstić information content (AvgIpc) is 2.51. The topological polar surface area (TPSA) is 35.5 Å². The number of alkyl halides is 3. The molecule has 0 bridgehead atoms. The van der Waals surface area contributed by atoms with Crippen LogP contribution in [0.15, 0.2) is 48.5 Å². The van der Waals surface area contributed by atoms with E-state index in [9.17, 15) is 22.4 Å². The summed E-state index contributed by atoms with van der Waals surface area (Å²) in [6.45, 7) is 0.728. The Balaban J connectivity index is 2.24. The number of ether oxygens (including phenoxy) is 2. The molecule has 0 fully saturated rings. The average molecular weight is 342 g/mol. The third-order valence-corrected chi connectivity index (χ3v) is 3.13. The fraction of sp³-hybridized carbons (Fsp3) is 0.235. The van der Waals surface area contributed by atoms with Crippen molar-refractivity contribution in [3.05, 3.63) is 65.5 Å². The molecule has 24 heavy (non-hydrogen) atoms. The molecule has 0 spiro atoms. The van der Waals surface area contributed by atoms with E-state index in [0.29, 0.717) is 5.75 Å². The van der Waals surface area contributed by atoms with Crippen molar-refractivity contribution in [3.63, 3.8) is 0 Å². The van der Waals surface area contributed by atoms with Gasteiger partial charge in [-0.3, -0.25) is 4.79 Å². The summed E-state index contributed by atoms with van der Waals surface area (Å²) < 4.78 is 62.2. The lowest BCUT2D eigenvalue weighted by Crippen LogP contribution is -2.26. The van der Waals surface area contributed by atoms with Crippen LogP contribution in [0.5, 0.6) is 5.75 Å². The van der Waals surface area contributed by atoms with Gasteiger partial charge in [0.25, 0.3) is 0 Å². The molecule has 0 aliphatic rings. The molecule has 0 amide bonds. The summed E-state index contributed by atoms with van der Waals surface area (Å²) in [5.74, 6) is -1.18. The minimum absolute atomic E-state index is 0.185. The van der Waals surface area contributed by atoms with E-state index in [1.165, 1.54) is 42.5 Å². The second-order valence-electron chi connectivity index (χ2n) is 4.97. The minimum atomic E-state index is -4.75. The monoisotopic (exact) mass is 342 g/mol. The van der Waals surface area contributed by atoms with E-state index < -0.39 is 24.1 Å². The Bertz CT molecular complexity index is 696. The van der Waals surface area contributed by atoms with Crippen LogP contribution in [0.25, 0.3) is 0 Å². The Morgan fingerprint density at radius 3 is 2.29 bits per heavy atom. The van der Waals surface area contributed by atoms with Gasteiger partial charge in [0.15, 0.2) is 0 Å². The number of carbonyl (C=O) groups is 1. The van der Waals surface area contributed by atoms with Crippen LogP contribution in [-0.4, -0.2) is 12.1 Å². The summed E-state index contributed by atoms with van der Waals surface area (Å²) in [4.78, 5) is 11.0. The van der Waals surface area contributed by atoms with Gasteiger partial charge in [-0.2, -0.15) is 13.2 Å². The molecule has 0 saturated heterocycles. The first-order valence-corrected chi connectivity index (χ1v) is 6.97. The maximum absolute atomic E-state index is 13.2. The summed E-state index contributed by atoms with van der Waals surface area (Å²) in [6.07, 6.45) is -7.12. The zero-order chi connectivity index (χ0) is 17.7. The molecule has 2 aromatic carbocycles. The van der Waals surface area contributed by atoms with E-state index in [4.69, 9.17) is 4.74 Å². The lowest BCUT2D eigenvalue weighted by atomic mass is 10.0. The van der Waals surface area contributed by atoms with Gasteiger partial charge in [0, 0.05) is 12.5 Å². The minimum Gasteiger partial charge on any atom is -0.489 e. The lowest BCUT2D eigenvalue weighted by molar-refractivity contribution is -0.223. The molecular formula is C17H14F4O3. The molecule has 1 unspecified atom stereocenters. The summed E-state index contributed by atoms with van der Waals surface area (Å²) in [5.41, 5.74) is 0.00714. The number of esters is 1. The Labute approximate surface area is 135 Å². The predicted molar refractivity (Wildman–Crippen MR) is 77.7 cm³/mol. The van der Waals surface area contributed by atoms with E-state index in [1.807, 2.05) is 0 Å². The van der Waals surface area contributed by atoms with Gasteiger partial charge in [-0.1, -0.05) is 24.3 Å². The third kappa shape index (κ3) is 4.71. The second-order valence-corrected chi connectivity index (χ2v) is 4.97. The van der Waals surface area contributed by atoms with E-state index >= 15 is 0 Å². The molecule has 0 radical (unpaired) electrons. The molecule has 1 atom stereocenters. The highest BCUT2D eigenvalue weighted by atomic mass is 19.4. The zero-order valence-corrected chi connectivity index (χ0v) is 12.6. The molecule has 0 saturated carbocycles. The van der Waals surface area contributed by atoms with Crippen molar-refractivity contribution in [1.29, 1.82) is 0 Å². The molecule has 0 heterocycles. The summed E-state index contributed by atoms with van der Waals surface area (Å²) in [7, 11) is 0. The predicted octanol–water partition coefficient (Wildman–Crippen LogP) is 4.57. The van der Waals surface area contributed by atoms with Crippen LogP contribution in [-0.2, 0) is 16.1 Å². The first-order valence-electron chi connectivity index (χ1n) is 6.97. The molecule has 3 nitrogen and oxygen atoms in total. The van der Waals surface area contributed by atoms with Crippen LogP contribution >= 0.6 is 0 Å². The number of hydrogen-bond acceptors (Lipinski definition) is 3. The maximum Gasteiger partial charge on any atom is 0.429 e. The van der Waals surface area contributed by atoms with E-state index in [0.717, 1.165) is 6.92 Å². The lowest BCUT2D eigenvalue weighted by Gasteiger charge is -2.22. The van der Waals surface area contributed by atoms with Crippen molar-refractivity contribution < 1.29 is 31.8 Å². The van der Waals surface area contributed by atoms with Gasteiger partial charge in [0.1, 0.15) is 18.2 Å². The summed E-state index contributed by atoms with van der Waals surface area (Å²) in [5, 5.41) is 0. The molecule has 2 rings (SSSR count). The molecule has 128 valence electrons. The van der Waals surface area contributed by atoms with Crippen molar-refractivity contribution in [3.8, 4) is 5.75 Å². The van der Waals surface area contributed by atoms with Crippen LogP contribution in [0, 0.1) is 5.82 Å². The molecule has 0 aromatic heterocycles. The van der Waals surface area contributed by atoms with Gasteiger partial charge in [-0.25, -0.2) is 4.39 Å². The van der Waals surface area contributed by atoms with E-state index in [-0.39, 0.29) is 17.7 Å². The van der Waals surface area contributed by atoms with Gasteiger partial charge in [0.05, 0.1) is 0 Å². The van der Waals surface area contributed by atoms with Gasteiger partial charge in [0.2, 0.25) is 6.10 Å². The van der Waals surface area contributed by atoms with Gasteiger partial charge in [-0.05, 0) is 29.8 Å². The molecule has 0 aliphatic heterocycles. The highest BCUT2D eigenvalue weighted by Crippen LogP contribution is 2.37. The van der Waals surface area contributed by atoms with Crippen LogP contribution in [0.1, 0.15) is 24.2 Å². The van der Waals surface area contributed by atoms with Crippen LogP contribution in [0.4, 0.5) is 17.6 Å². The Morgan fingerprint density at radius 2 is 1.71 bits per heavy atom. The fourth-order valence-corrected chi connectivity index (χ4v) is 2.09. The fourth-order valence-electron chi connectivity index (χ4n) is 2.09. The summed E-state index contributed by atoms with van der Waals surface area (Å²) in [6, 6.07) is 10.7. The highest BCUT2D eigenvalue weighted by Gasteiger charge is 2.44. The van der Waals surface area contributed by atoms with Crippen molar-refractivity contribution in [2.75, 3.05) is 0 Å². The summed E-state index contributed by atoms with van der Waals surface area (Å²) >= 11 is 0. The molecule has 0 aliphatic carbocycles. The normalized spacial score (nSPS) is 12.5. The van der Waals surface area contributed by atoms with Crippen LogP contribution in [0.2, 0.25) is 0 Å². The van der Waals surface area contributed by atoms with Crippen LogP contribution in [0.3, 0.4) is 0 Å². The SMILES string of the molecule is CC(=O)OC(c1ccccc1COc1ccc(F)cc1)C(F)(F)F. The molecule has 7 heteroatoms. The van der Waals surface area contributed by atoms with Gasteiger partial charge >= 0.3 is 12.1 Å². The smallest absolute Gasteiger partial charge is 0.429 e. The first kappa shape index (κ1) is 17.8. The Hall–Kier alpha value is -2.57. The van der Waals surface area contributed by atoms with Crippen molar-refractivity contribution >= 4 is 5.97 Å². The standard InChI is InChI=1S/C17H14F4O3/c1-11(22)24-16(17(19,20)21)15-5-3-2-4-12(15)10-23-14-8-6-13(18)7-9-14/h2-9,16H,10H2,1H3. The largest absolute Gasteiger partial charge is 0.489 e. The van der Waals surface area contributed by atoms with Gasteiger partial charge < -0.3 is 9.47 Å². The number of benzene rings is 2. The number of rotatable bonds is 5. The number of carbonyl (C=O) groups excluding carboxylic acids is 1. The van der Waals surface area contributed by atoms with Crippen LogP contribution < -0.4 is 4.74 Å². The quantitative estimate of drug-likeness (QED) is 0.590. The van der Waals surface area contributed by atoms with E-state index in [1.54, 1.807) is 6.07 Å². The van der Waals surface area contributed by atoms with Crippen molar-refractivity contribution in [2.24, 2.45) is 0 Å².